The van der Waals surface area contributed by atoms with Gasteiger partial charge in [0.15, 0.2) is 0 Å². The fourth-order valence-corrected chi connectivity index (χ4v) is 2.21. The number of nitrogens with zero attached hydrogens (tertiary/aromatic N) is 1. The maximum atomic E-state index is 6.35. The molecule has 3 N–H and O–H groups in total. The van der Waals surface area contributed by atoms with Crippen molar-refractivity contribution in [1.82, 2.24) is 9.97 Å². The van der Waals surface area contributed by atoms with Crippen LogP contribution in [-0.4, -0.2) is 9.97 Å². The summed E-state index contributed by atoms with van der Waals surface area (Å²) in [5, 5.41) is 0. The van der Waals surface area contributed by atoms with Crippen LogP contribution in [0.15, 0.2) is 6.20 Å². The van der Waals surface area contributed by atoms with E-state index in [1.54, 1.807) is 0 Å². The molecule has 2 rings (SSSR count). The Morgan fingerprint density at radius 2 is 2.14 bits per heavy atom. The quantitative estimate of drug-likeness (QED) is 0.755. The van der Waals surface area contributed by atoms with Crippen LogP contribution in [0.1, 0.15) is 50.5 Å². The SMILES string of the molecule is CCc1cnc(C2(N)CCCCC2)[nH]1. The van der Waals surface area contributed by atoms with E-state index < -0.39 is 0 Å². The third kappa shape index (κ3) is 1.69. The maximum Gasteiger partial charge on any atom is 0.126 e. The molecular weight excluding hydrogens is 174 g/mol. The lowest BCUT2D eigenvalue weighted by atomic mass is 9.82. The molecule has 78 valence electrons. The molecule has 0 unspecified atom stereocenters. The van der Waals surface area contributed by atoms with Gasteiger partial charge < -0.3 is 10.7 Å². The highest BCUT2D eigenvalue weighted by Crippen LogP contribution is 2.32. The molecule has 3 heteroatoms. The van der Waals surface area contributed by atoms with Crippen molar-refractivity contribution in [2.75, 3.05) is 0 Å². The van der Waals surface area contributed by atoms with Gasteiger partial charge in [-0.05, 0) is 19.3 Å². The van der Waals surface area contributed by atoms with Crippen molar-refractivity contribution in [3.8, 4) is 0 Å². The number of aromatic amines is 1. The van der Waals surface area contributed by atoms with E-state index in [9.17, 15) is 0 Å². The fourth-order valence-electron chi connectivity index (χ4n) is 2.21. The van der Waals surface area contributed by atoms with Crippen molar-refractivity contribution in [1.29, 1.82) is 0 Å². The molecule has 3 nitrogen and oxygen atoms in total. The molecule has 0 amide bonds. The molecule has 0 radical (unpaired) electrons. The Kier molecular flexibility index (Phi) is 2.59. The first-order valence-electron chi connectivity index (χ1n) is 5.58. The fraction of sp³-hybridized carbons (Fsp3) is 0.727. The second kappa shape index (κ2) is 3.73. The summed E-state index contributed by atoms with van der Waals surface area (Å²) in [7, 11) is 0. The van der Waals surface area contributed by atoms with Gasteiger partial charge in [-0.3, -0.25) is 0 Å². The molecule has 0 atom stereocenters. The highest BCUT2D eigenvalue weighted by atomic mass is 15.0. The first-order valence-corrected chi connectivity index (χ1v) is 5.58. The van der Waals surface area contributed by atoms with Gasteiger partial charge in [-0.2, -0.15) is 0 Å². The average molecular weight is 193 g/mol. The number of aromatic nitrogens is 2. The van der Waals surface area contributed by atoms with Gasteiger partial charge in [0.25, 0.3) is 0 Å². The summed E-state index contributed by atoms with van der Waals surface area (Å²) in [4.78, 5) is 7.74. The Hall–Kier alpha value is -0.830. The third-order valence-corrected chi connectivity index (χ3v) is 3.23. The number of nitrogens with two attached hydrogens (primary N) is 1. The van der Waals surface area contributed by atoms with Crippen molar-refractivity contribution in [3.63, 3.8) is 0 Å². The maximum absolute atomic E-state index is 6.35. The number of hydrogen-bond acceptors (Lipinski definition) is 2. The number of imidazole rings is 1. The number of aryl methyl sites for hydroxylation is 1. The molecular formula is C11H19N3. The lowest BCUT2D eigenvalue weighted by Crippen LogP contribution is -2.39. The minimum atomic E-state index is -0.175. The standard InChI is InChI=1S/C11H19N3/c1-2-9-8-13-10(14-9)11(12)6-4-3-5-7-11/h8H,2-7,12H2,1H3,(H,13,14). The van der Waals surface area contributed by atoms with Gasteiger partial charge in [0.05, 0.1) is 5.54 Å². The zero-order chi connectivity index (χ0) is 10.0. The van der Waals surface area contributed by atoms with E-state index in [0.29, 0.717) is 0 Å². The molecule has 1 fully saturated rings. The Morgan fingerprint density at radius 3 is 2.71 bits per heavy atom. The van der Waals surface area contributed by atoms with Crippen LogP contribution in [0.5, 0.6) is 0 Å². The highest BCUT2D eigenvalue weighted by Gasteiger charge is 2.31. The molecule has 1 aliphatic rings. The van der Waals surface area contributed by atoms with E-state index in [1.807, 2.05) is 6.20 Å². The molecule has 14 heavy (non-hydrogen) atoms. The predicted octanol–water partition coefficient (Wildman–Crippen LogP) is 2.09. The van der Waals surface area contributed by atoms with E-state index in [-0.39, 0.29) is 5.54 Å². The monoisotopic (exact) mass is 193 g/mol. The summed E-state index contributed by atoms with van der Waals surface area (Å²) >= 11 is 0. The van der Waals surface area contributed by atoms with Crippen molar-refractivity contribution in [3.05, 3.63) is 17.7 Å². The summed E-state index contributed by atoms with van der Waals surface area (Å²) < 4.78 is 0. The summed E-state index contributed by atoms with van der Waals surface area (Å²) in [6, 6.07) is 0. The Balaban J connectivity index is 2.19. The Bertz CT molecular complexity index is 297. The molecule has 1 aromatic rings. The predicted molar refractivity (Wildman–Crippen MR) is 56.9 cm³/mol. The summed E-state index contributed by atoms with van der Waals surface area (Å²) in [5.41, 5.74) is 7.37. The zero-order valence-electron chi connectivity index (χ0n) is 8.84. The van der Waals surface area contributed by atoms with Crippen LogP contribution in [0.25, 0.3) is 0 Å². The van der Waals surface area contributed by atoms with Crippen molar-refractivity contribution in [2.24, 2.45) is 5.73 Å². The molecule has 1 heterocycles. The highest BCUT2D eigenvalue weighted by molar-refractivity contribution is 5.11. The summed E-state index contributed by atoms with van der Waals surface area (Å²) in [6.07, 6.45) is 8.85. The van der Waals surface area contributed by atoms with Gasteiger partial charge >= 0.3 is 0 Å². The first-order chi connectivity index (χ1) is 6.74. The van der Waals surface area contributed by atoms with Gasteiger partial charge in [0.2, 0.25) is 0 Å². The van der Waals surface area contributed by atoms with Crippen LogP contribution < -0.4 is 5.73 Å². The van der Waals surface area contributed by atoms with Gasteiger partial charge in [-0.25, -0.2) is 4.98 Å². The van der Waals surface area contributed by atoms with Gasteiger partial charge in [0.1, 0.15) is 5.82 Å². The van der Waals surface area contributed by atoms with Crippen LogP contribution in [0.4, 0.5) is 0 Å². The van der Waals surface area contributed by atoms with E-state index in [0.717, 1.165) is 25.1 Å². The van der Waals surface area contributed by atoms with Crippen LogP contribution >= 0.6 is 0 Å². The number of H-pyrrole nitrogens is 1. The molecule has 1 aliphatic carbocycles. The second-order valence-electron chi connectivity index (χ2n) is 4.33. The van der Waals surface area contributed by atoms with Crippen molar-refractivity contribution in [2.45, 2.75) is 51.0 Å². The largest absolute Gasteiger partial charge is 0.344 e. The molecule has 0 saturated heterocycles. The van der Waals surface area contributed by atoms with Crippen LogP contribution in [-0.2, 0) is 12.0 Å². The van der Waals surface area contributed by atoms with Gasteiger partial charge in [-0.15, -0.1) is 0 Å². The van der Waals surface area contributed by atoms with Crippen LogP contribution in [0.3, 0.4) is 0 Å². The van der Waals surface area contributed by atoms with Gasteiger partial charge in [0, 0.05) is 11.9 Å². The topological polar surface area (TPSA) is 54.7 Å². The lowest BCUT2D eigenvalue weighted by molar-refractivity contribution is 0.288. The first kappa shape index (κ1) is 9.71. The van der Waals surface area contributed by atoms with E-state index in [1.165, 1.54) is 25.0 Å². The Labute approximate surface area is 85.1 Å². The lowest BCUT2D eigenvalue weighted by Gasteiger charge is -2.31. The summed E-state index contributed by atoms with van der Waals surface area (Å²) in [5.74, 6) is 0.994. The molecule has 0 spiro atoms. The minimum Gasteiger partial charge on any atom is -0.344 e. The van der Waals surface area contributed by atoms with Gasteiger partial charge in [-0.1, -0.05) is 26.2 Å². The third-order valence-electron chi connectivity index (χ3n) is 3.23. The molecule has 0 aromatic carbocycles. The number of nitrogens with one attached hydrogen (secondary N) is 1. The molecule has 0 aliphatic heterocycles. The second-order valence-corrected chi connectivity index (χ2v) is 4.33. The zero-order valence-corrected chi connectivity index (χ0v) is 8.84. The normalized spacial score (nSPS) is 21.0. The van der Waals surface area contributed by atoms with Crippen LogP contribution in [0.2, 0.25) is 0 Å². The minimum absolute atomic E-state index is 0.175. The number of rotatable bonds is 2. The van der Waals surface area contributed by atoms with Crippen molar-refractivity contribution >= 4 is 0 Å². The molecule has 0 bridgehead atoms. The van der Waals surface area contributed by atoms with Crippen molar-refractivity contribution < 1.29 is 0 Å². The smallest absolute Gasteiger partial charge is 0.126 e. The molecule has 1 aromatic heterocycles. The Morgan fingerprint density at radius 1 is 1.43 bits per heavy atom. The van der Waals surface area contributed by atoms with E-state index in [2.05, 4.69) is 16.9 Å². The van der Waals surface area contributed by atoms with E-state index >= 15 is 0 Å². The number of hydrogen-bond donors (Lipinski definition) is 2. The average Bonchev–Trinajstić information content (AvgIpc) is 2.67. The van der Waals surface area contributed by atoms with Crippen LogP contribution in [0, 0.1) is 0 Å². The van der Waals surface area contributed by atoms with E-state index in [4.69, 9.17) is 5.73 Å². The summed E-state index contributed by atoms with van der Waals surface area (Å²) in [6.45, 7) is 2.13. The molecule has 1 saturated carbocycles.